The third kappa shape index (κ3) is 3.82. The molecule has 0 saturated carbocycles. The van der Waals surface area contributed by atoms with Crippen LogP contribution >= 0.6 is 0 Å². The summed E-state index contributed by atoms with van der Waals surface area (Å²) >= 11 is 0. The molecule has 3 aromatic rings. The van der Waals surface area contributed by atoms with Crippen LogP contribution in [0.4, 0.5) is 17.6 Å². The largest absolute Gasteiger partial charge is 0.270 e. The Balaban J connectivity index is 1.86. The molecule has 0 heterocycles. The summed E-state index contributed by atoms with van der Waals surface area (Å²) in [6.07, 6.45) is 0. The predicted octanol–water partition coefficient (Wildman–Crippen LogP) is 7.80. The summed E-state index contributed by atoms with van der Waals surface area (Å²) in [7, 11) is 0. The molecule has 3 aromatic carbocycles. The van der Waals surface area contributed by atoms with Crippen molar-refractivity contribution in [1.29, 1.82) is 15.8 Å². The molecule has 0 saturated heterocycles. The van der Waals surface area contributed by atoms with Gasteiger partial charge < -0.3 is 0 Å². The van der Waals surface area contributed by atoms with Gasteiger partial charge in [-0.15, -0.1) is 0 Å². The zero-order chi connectivity index (χ0) is 30.3. The lowest BCUT2D eigenvalue weighted by Gasteiger charge is -2.13. The Labute approximate surface area is 236 Å². The van der Waals surface area contributed by atoms with Crippen molar-refractivity contribution >= 4 is 33.6 Å². The molecule has 0 unspecified atom stereocenters. The molecule has 0 bridgehead atoms. The molecule has 10 heteroatoms. The summed E-state index contributed by atoms with van der Waals surface area (Å²) in [6.45, 7) is 22.8. The molecule has 2 aliphatic rings. The van der Waals surface area contributed by atoms with Gasteiger partial charge in [-0.25, -0.2) is 42.6 Å². The first kappa shape index (κ1) is 26.9. The number of nitrogens with zero attached hydrogens (tertiary/aromatic N) is 6. The number of hydrogen-bond donors (Lipinski definition) is 0. The molecule has 6 nitrogen and oxygen atoms in total. The van der Waals surface area contributed by atoms with Crippen LogP contribution in [0.15, 0.2) is 59.9 Å². The van der Waals surface area contributed by atoms with Gasteiger partial charge in [0.15, 0.2) is 23.3 Å². The summed E-state index contributed by atoms with van der Waals surface area (Å²) in [5.41, 5.74) is -1.25. The molecule has 42 heavy (non-hydrogen) atoms. The van der Waals surface area contributed by atoms with Gasteiger partial charge in [0.1, 0.15) is 6.07 Å². The van der Waals surface area contributed by atoms with Crippen molar-refractivity contribution < 1.29 is 17.6 Å². The van der Waals surface area contributed by atoms with Crippen molar-refractivity contribution in [1.82, 2.24) is 0 Å². The van der Waals surface area contributed by atoms with E-state index in [2.05, 4.69) is 14.5 Å². The summed E-state index contributed by atoms with van der Waals surface area (Å²) in [6, 6.07) is 14.5. The minimum absolute atomic E-state index is 0.0145. The standard InChI is InChI=1S/C32H8F4N6/c1-40-26(13-38)30-18-9-23(34)22(33)8-17(18)21(12-37)28(30)15-5-4-6-16(7-15)29-31(27(14-39)41-2)19-10-24(35)25(36)11-20(19)32(29)42-3/h4-11H/b30-26+,31-27-. The van der Waals surface area contributed by atoms with Crippen molar-refractivity contribution in [2.24, 2.45) is 0 Å². The normalized spacial score (nSPS) is 15.4. The third-order valence-corrected chi connectivity index (χ3v) is 6.74. The van der Waals surface area contributed by atoms with E-state index in [1.807, 2.05) is 6.07 Å². The topological polar surface area (TPSA) is 84.5 Å². The van der Waals surface area contributed by atoms with Crippen LogP contribution in [0, 0.1) is 77.0 Å². The maximum absolute atomic E-state index is 14.3. The average molecular weight is 552 g/mol. The molecule has 0 N–H and O–H groups in total. The molecule has 0 spiro atoms. The number of hydrogen-bond acceptors (Lipinski definition) is 3. The molecule has 5 rings (SSSR count). The molecule has 0 atom stereocenters. The van der Waals surface area contributed by atoms with Crippen LogP contribution in [0.25, 0.3) is 48.1 Å². The lowest BCUT2D eigenvalue weighted by molar-refractivity contribution is 0.508. The molecule has 0 radical (unpaired) electrons. The van der Waals surface area contributed by atoms with E-state index in [4.69, 9.17) is 19.7 Å². The first-order valence-electron chi connectivity index (χ1n) is 11.6. The summed E-state index contributed by atoms with van der Waals surface area (Å²) in [5, 5.41) is 29.4. The van der Waals surface area contributed by atoms with E-state index in [0.717, 1.165) is 24.3 Å². The average Bonchev–Trinajstić information content (AvgIpc) is 3.47. The van der Waals surface area contributed by atoms with Crippen molar-refractivity contribution in [2.45, 2.75) is 0 Å². The van der Waals surface area contributed by atoms with Crippen LogP contribution in [0.1, 0.15) is 33.4 Å². The van der Waals surface area contributed by atoms with Gasteiger partial charge in [-0.2, -0.15) is 5.26 Å². The summed E-state index contributed by atoms with van der Waals surface area (Å²) in [5.74, 6) is -4.99. The van der Waals surface area contributed by atoms with Gasteiger partial charge in [-0.1, -0.05) is 18.2 Å². The zero-order valence-corrected chi connectivity index (χ0v) is 20.8. The van der Waals surface area contributed by atoms with Crippen LogP contribution in [0.5, 0.6) is 0 Å². The van der Waals surface area contributed by atoms with Gasteiger partial charge in [-0.3, -0.25) is 0 Å². The van der Waals surface area contributed by atoms with E-state index in [9.17, 15) is 33.3 Å². The number of nitriles is 3. The molecular formula is C32H8F4N6. The fraction of sp³-hybridized carbons (Fsp3) is 0. The second-order valence-corrected chi connectivity index (χ2v) is 8.80. The quantitative estimate of drug-likeness (QED) is 0.185. The molecule has 0 aromatic heterocycles. The highest BCUT2D eigenvalue weighted by molar-refractivity contribution is 6.27. The Morgan fingerprint density at radius 2 is 1.07 bits per heavy atom. The second-order valence-electron chi connectivity index (χ2n) is 8.80. The highest BCUT2D eigenvalue weighted by Gasteiger charge is 2.34. The van der Waals surface area contributed by atoms with Crippen molar-refractivity contribution in [3.8, 4) is 18.2 Å². The van der Waals surface area contributed by atoms with Gasteiger partial charge in [0, 0.05) is 11.1 Å². The van der Waals surface area contributed by atoms with Crippen molar-refractivity contribution in [2.75, 3.05) is 0 Å². The van der Waals surface area contributed by atoms with Crippen LogP contribution in [-0.2, 0) is 0 Å². The number of fused-ring (bicyclic) bond motifs is 2. The second kappa shape index (κ2) is 10.1. The molecule has 0 aliphatic heterocycles. The first-order chi connectivity index (χ1) is 20.2. The zero-order valence-electron chi connectivity index (χ0n) is 20.8. The third-order valence-electron chi connectivity index (χ3n) is 6.74. The minimum atomic E-state index is -1.26. The van der Waals surface area contributed by atoms with E-state index in [1.165, 1.54) is 24.3 Å². The van der Waals surface area contributed by atoms with Crippen LogP contribution in [0.2, 0.25) is 0 Å². The van der Waals surface area contributed by atoms with Crippen molar-refractivity contribution in [3.05, 3.63) is 151 Å². The van der Waals surface area contributed by atoms with Gasteiger partial charge in [0.05, 0.1) is 37.4 Å². The molecule has 0 amide bonds. The summed E-state index contributed by atoms with van der Waals surface area (Å²) < 4.78 is 57.1. The molecule has 2 aliphatic carbocycles. The number of halogens is 4. The number of allylic oxidation sites excluding steroid dienone is 7. The van der Waals surface area contributed by atoms with Crippen molar-refractivity contribution in [3.63, 3.8) is 0 Å². The highest BCUT2D eigenvalue weighted by atomic mass is 19.2. The fourth-order valence-electron chi connectivity index (χ4n) is 5.09. The molecular weight excluding hydrogens is 544 g/mol. The minimum Gasteiger partial charge on any atom is -0.237 e. The smallest absolute Gasteiger partial charge is 0.237 e. The van der Waals surface area contributed by atoms with E-state index < -0.39 is 34.7 Å². The van der Waals surface area contributed by atoms with Gasteiger partial charge >= 0.3 is 0 Å². The Morgan fingerprint density at radius 1 is 0.619 bits per heavy atom. The van der Waals surface area contributed by atoms with E-state index in [0.29, 0.717) is 0 Å². The Morgan fingerprint density at radius 3 is 1.55 bits per heavy atom. The molecule has 194 valence electrons. The van der Waals surface area contributed by atoms with Crippen LogP contribution in [0.3, 0.4) is 0 Å². The lowest BCUT2D eigenvalue weighted by Crippen LogP contribution is -1.95. The number of benzene rings is 3. The maximum atomic E-state index is 14.3. The SMILES string of the molecule is [C-]#[N+]C1=C(c2cccc(C3=C(C#N)c4cc(F)c(F)cc4/C3=C(/C#N)[N+]#[C-])c2)/C(=C(/C#N)[N+]#[C-])c2cc(F)c(F)cc21. The van der Waals surface area contributed by atoms with E-state index >= 15 is 0 Å². The van der Waals surface area contributed by atoms with Crippen LogP contribution < -0.4 is 0 Å². The van der Waals surface area contributed by atoms with Gasteiger partial charge in [0.25, 0.3) is 11.4 Å². The highest BCUT2D eigenvalue weighted by Crippen LogP contribution is 2.52. The first-order valence-corrected chi connectivity index (χ1v) is 11.6. The van der Waals surface area contributed by atoms with Gasteiger partial charge in [0.2, 0.25) is 5.70 Å². The predicted molar refractivity (Wildman–Crippen MR) is 143 cm³/mol. The number of rotatable bonds is 2. The fourth-order valence-corrected chi connectivity index (χ4v) is 5.09. The Bertz CT molecular complexity index is 2010. The van der Waals surface area contributed by atoms with Crippen LogP contribution in [-0.4, -0.2) is 0 Å². The summed E-state index contributed by atoms with van der Waals surface area (Å²) in [4.78, 5) is 9.94. The monoisotopic (exact) mass is 552 g/mol. The molecule has 0 fully saturated rings. The Hall–Kier alpha value is -6.72. The van der Waals surface area contributed by atoms with Gasteiger partial charge in [-0.05, 0) is 74.9 Å². The lowest BCUT2D eigenvalue weighted by atomic mass is 9.90. The Kier molecular flexibility index (Phi) is 6.47. The van der Waals surface area contributed by atoms with E-state index in [-0.39, 0.29) is 66.9 Å². The maximum Gasteiger partial charge on any atom is 0.270 e. The van der Waals surface area contributed by atoms with E-state index in [1.54, 1.807) is 12.1 Å².